The Bertz CT molecular complexity index is 1330. The first-order valence-electron chi connectivity index (χ1n) is 12.9. The smallest absolute Gasteiger partial charge is 0.105 e. The minimum absolute atomic E-state index is 0.0255. The number of aliphatic hydroxyl groups excluding tert-OH is 2. The van der Waals surface area contributed by atoms with Gasteiger partial charge in [0.05, 0.1) is 29.0 Å². The summed E-state index contributed by atoms with van der Waals surface area (Å²) in [5.74, 6) is 0.343. The van der Waals surface area contributed by atoms with Crippen LogP contribution in [-0.4, -0.2) is 68.9 Å². The molecule has 6 heteroatoms. The normalized spacial score (nSPS) is 41.7. The van der Waals surface area contributed by atoms with Crippen LogP contribution in [0.25, 0.3) is 16.5 Å². The summed E-state index contributed by atoms with van der Waals surface area (Å²) in [6, 6.07) is 8.40. The number of aromatic nitrogens is 2. The first-order valence-corrected chi connectivity index (χ1v) is 12.9. The van der Waals surface area contributed by atoms with Crippen LogP contribution in [0.15, 0.2) is 59.8 Å². The highest BCUT2D eigenvalue weighted by Gasteiger charge is 2.67. The van der Waals surface area contributed by atoms with Gasteiger partial charge in [0.1, 0.15) is 6.10 Å². The molecule has 3 aliphatic carbocycles. The molecular weight excluding hydrogens is 438 g/mol. The van der Waals surface area contributed by atoms with Crippen molar-refractivity contribution in [3.63, 3.8) is 0 Å². The Labute approximate surface area is 206 Å². The minimum atomic E-state index is -0.889. The molecule has 182 valence electrons. The average Bonchev–Trinajstić information content (AvgIpc) is 3.37. The Morgan fingerprint density at radius 2 is 1.97 bits per heavy atom. The van der Waals surface area contributed by atoms with E-state index >= 15 is 0 Å². The molecule has 1 aromatic heterocycles. The highest BCUT2D eigenvalue weighted by atomic mass is 16.5. The Kier molecular flexibility index (Phi) is 4.44. The third-order valence-electron chi connectivity index (χ3n) is 9.92. The maximum absolute atomic E-state index is 11.1. The van der Waals surface area contributed by atoms with Crippen LogP contribution in [0.3, 0.4) is 0 Å². The summed E-state index contributed by atoms with van der Waals surface area (Å²) in [6.45, 7) is 2.41. The number of benzene rings is 1. The highest BCUT2D eigenvalue weighted by Crippen LogP contribution is 2.67. The van der Waals surface area contributed by atoms with Gasteiger partial charge < -0.3 is 19.8 Å². The second-order valence-corrected chi connectivity index (χ2v) is 11.7. The molecule has 2 aromatic rings. The molecule has 2 bridgehead atoms. The minimum Gasteiger partial charge on any atom is -0.388 e. The van der Waals surface area contributed by atoms with Crippen molar-refractivity contribution in [1.82, 2.24) is 15.1 Å². The second kappa shape index (κ2) is 7.10. The molecule has 1 saturated heterocycles. The van der Waals surface area contributed by atoms with E-state index in [4.69, 9.17) is 4.74 Å². The van der Waals surface area contributed by atoms with Crippen molar-refractivity contribution in [3.8, 4) is 0 Å². The van der Waals surface area contributed by atoms with Gasteiger partial charge >= 0.3 is 0 Å². The van der Waals surface area contributed by atoms with Crippen LogP contribution in [0.1, 0.15) is 44.6 Å². The fourth-order valence-corrected chi connectivity index (χ4v) is 8.10. The predicted molar refractivity (Wildman–Crippen MR) is 134 cm³/mol. The number of likely N-dealkylation sites (N-methyl/N-ethyl adjacent to an activating group) is 1. The monoisotopic (exact) mass is 471 g/mol. The molecule has 5 aliphatic rings. The van der Waals surface area contributed by atoms with Gasteiger partial charge in [-0.1, -0.05) is 31.2 Å². The molecule has 2 aliphatic heterocycles. The number of nitrogens with zero attached hydrogens (tertiary/aromatic N) is 3. The van der Waals surface area contributed by atoms with Crippen LogP contribution >= 0.6 is 0 Å². The van der Waals surface area contributed by atoms with Crippen LogP contribution in [-0.2, 0) is 4.74 Å². The maximum atomic E-state index is 11.1. The Balaban J connectivity index is 1.30. The van der Waals surface area contributed by atoms with Gasteiger partial charge in [-0.15, -0.1) is 0 Å². The largest absolute Gasteiger partial charge is 0.388 e. The second-order valence-electron chi connectivity index (χ2n) is 11.7. The zero-order valence-corrected chi connectivity index (χ0v) is 20.6. The van der Waals surface area contributed by atoms with Crippen molar-refractivity contribution in [3.05, 3.63) is 65.4 Å². The fraction of sp³-hybridized carbons (Fsp3) is 0.517. The number of ether oxygens (including phenoxy) is 1. The van der Waals surface area contributed by atoms with Gasteiger partial charge in [0.25, 0.3) is 0 Å². The van der Waals surface area contributed by atoms with Crippen molar-refractivity contribution in [2.45, 2.75) is 68.5 Å². The van der Waals surface area contributed by atoms with Gasteiger partial charge in [-0.2, -0.15) is 10.2 Å². The number of allylic oxidation sites excluding steroid dienone is 3. The van der Waals surface area contributed by atoms with E-state index in [9.17, 15) is 10.2 Å². The lowest BCUT2D eigenvalue weighted by molar-refractivity contribution is -0.161. The van der Waals surface area contributed by atoms with Gasteiger partial charge in [0.2, 0.25) is 0 Å². The lowest BCUT2D eigenvalue weighted by Gasteiger charge is -2.55. The first-order chi connectivity index (χ1) is 16.8. The molecule has 6 nitrogen and oxygen atoms in total. The lowest BCUT2D eigenvalue weighted by Crippen LogP contribution is -2.61. The summed E-state index contributed by atoms with van der Waals surface area (Å²) >= 11 is 0. The number of fused-ring (bicyclic) bond motifs is 2. The van der Waals surface area contributed by atoms with Gasteiger partial charge in [-0.3, -0.25) is 0 Å². The fourth-order valence-electron chi connectivity index (χ4n) is 8.10. The molecule has 35 heavy (non-hydrogen) atoms. The number of aliphatic hydroxyl groups is 2. The molecule has 7 atom stereocenters. The van der Waals surface area contributed by atoms with E-state index < -0.39 is 17.8 Å². The van der Waals surface area contributed by atoms with E-state index in [1.54, 1.807) is 6.20 Å². The molecule has 1 unspecified atom stereocenters. The molecule has 0 amide bonds. The molecule has 2 fully saturated rings. The van der Waals surface area contributed by atoms with Crippen molar-refractivity contribution >= 4 is 16.5 Å². The van der Waals surface area contributed by atoms with E-state index in [0.717, 1.165) is 42.2 Å². The molecule has 1 aromatic carbocycles. The lowest BCUT2D eigenvalue weighted by atomic mass is 9.58. The van der Waals surface area contributed by atoms with E-state index in [1.165, 1.54) is 16.7 Å². The van der Waals surface area contributed by atoms with E-state index in [-0.39, 0.29) is 17.1 Å². The van der Waals surface area contributed by atoms with E-state index in [0.29, 0.717) is 12.3 Å². The van der Waals surface area contributed by atoms with Crippen molar-refractivity contribution < 1.29 is 14.9 Å². The van der Waals surface area contributed by atoms with Gasteiger partial charge in [-0.05, 0) is 86.7 Å². The Morgan fingerprint density at radius 3 is 2.80 bits per heavy atom. The molecule has 3 heterocycles. The van der Waals surface area contributed by atoms with E-state index in [2.05, 4.69) is 53.5 Å². The summed E-state index contributed by atoms with van der Waals surface area (Å²) in [6.07, 6.45) is 11.5. The van der Waals surface area contributed by atoms with Crippen molar-refractivity contribution in [2.75, 3.05) is 14.1 Å². The summed E-state index contributed by atoms with van der Waals surface area (Å²) in [4.78, 5) is 2.03. The molecule has 1 saturated carbocycles. The summed E-state index contributed by atoms with van der Waals surface area (Å²) in [5, 5.41) is 31.4. The average molecular weight is 472 g/mol. The first kappa shape index (κ1) is 21.9. The maximum Gasteiger partial charge on any atom is 0.105 e. The molecule has 2 N–H and O–H groups in total. The molecule has 2 spiro atoms. The third-order valence-corrected chi connectivity index (χ3v) is 9.92. The van der Waals surface area contributed by atoms with Crippen LogP contribution in [0.5, 0.6) is 0 Å². The quantitative estimate of drug-likeness (QED) is 0.696. The zero-order chi connectivity index (χ0) is 24.2. The van der Waals surface area contributed by atoms with Crippen molar-refractivity contribution in [1.29, 1.82) is 0 Å². The Hall–Kier alpha value is -2.38. The molecule has 7 rings (SSSR count). The van der Waals surface area contributed by atoms with Crippen LogP contribution < -0.4 is 0 Å². The van der Waals surface area contributed by atoms with Crippen LogP contribution in [0.2, 0.25) is 0 Å². The topological polar surface area (TPSA) is 78.7 Å². The SMILES string of the molecule is CN(C)[C@H]1C[C@@]23CC[C@@]4(O2)C(=CC[C@]2(C)C(c5ccc6nnccc6c5)=CCC24)C=C3[C@@H](O)[C@@H]1O. The van der Waals surface area contributed by atoms with Gasteiger partial charge in [0.15, 0.2) is 0 Å². The summed E-state index contributed by atoms with van der Waals surface area (Å²) in [5.41, 5.74) is 4.81. The van der Waals surface area contributed by atoms with Crippen molar-refractivity contribution in [2.24, 2.45) is 11.3 Å². The van der Waals surface area contributed by atoms with E-state index in [1.807, 2.05) is 25.1 Å². The van der Waals surface area contributed by atoms with Crippen LogP contribution in [0.4, 0.5) is 0 Å². The standard InChI is InChI=1S/C29H33N3O3/c1-27-10-8-19-15-21-25(33)26(34)23(32(2)3)16-28(21)11-12-29(19,35-28)24(27)7-5-20(27)17-4-6-22-18(14-17)9-13-30-31-22/h4-6,8-9,13-15,23-26,33-34H,7,10-12,16H2,1-3H3/t23-,24?,25+,26+,27+,28+,29+/m0/s1. The summed E-state index contributed by atoms with van der Waals surface area (Å²) < 4.78 is 7.23. The van der Waals surface area contributed by atoms with Gasteiger partial charge in [-0.25, -0.2) is 0 Å². The third kappa shape index (κ3) is 2.74. The number of hydrogen-bond donors (Lipinski definition) is 2. The predicted octanol–water partition coefficient (Wildman–Crippen LogP) is 3.65. The molecular formula is C29H33N3O3. The van der Waals surface area contributed by atoms with Crippen LogP contribution in [0, 0.1) is 11.3 Å². The Morgan fingerprint density at radius 1 is 1.11 bits per heavy atom. The number of hydrogen-bond acceptors (Lipinski definition) is 6. The number of rotatable bonds is 2. The summed E-state index contributed by atoms with van der Waals surface area (Å²) in [7, 11) is 3.95. The molecule has 0 radical (unpaired) electrons. The zero-order valence-electron chi connectivity index (χ0n) is 20.6. The van der Waals surface area contributed by atoms with Gasteiger partial charge in [0, 0.05) is 22.8 Å². The highest BCUT2D eigenvalue weighted by molar-refractivity contribution is 5.85.